The van der Waals surface area contributed by atoms with Crippen LogP contribution in [-0.2, 0) is 13.6 Å². The second kappa shape index (κ2) is 10.4. The molecule has 0 unspecified atom stereocenters. The zero-order chi connectivity index (χ0) is 15.6. The molecule has 0 aliphatic rings. The summed E-state index contributed by atoms with van der Waals surface area (Å²) in [7, 11) is 1.44. The van der Waals surface area contributed by atoms with Crippen molar-refractivity contribution in [3.63, 3.8) is 0 Å². The van der Waals surface area contributed by atoms with E-state index in [0.29, 0.717) is 0 Å². The fourth-order valence-electron chi connectivity index (χ4n) is 3.57. The number of nitrogens with zero attached hydrogens (tertiary/aromatic N) is 2. The molecule has 0 bridgehead atoms. The molecule has 0 aromatic carbocycles. The van der Waals surface area contributed by atoms with Gasteiger partial charge in [0.2, 0.25) is 0 Å². The first-order chi connectivity index (χ1) is 10.2. The van der Waals surface area contributed by atoms with Crippen LogP contribution in [0.25, 0.3) is 0 Å². The highest BCUT2D eigenvalue weighted by Crippen LogP contribution is 2.60. The van der Waals surface area contributed by atoms with Crippen LogP contribution in [0.15, 0.2) is 12.5 Å². The molecule has 1 heterocycles. The number of hydrogen-bond donors (Lipinski definition) is 0. The normalized spacial score (nSPS) is 12.0. The molecule has 0 atom stereocenters. The van der Waals surface area contributed by atoms with E-state index in [-0.39, 0.29) is 0 Å². The minimum absolute atomic E-state index is 0.623. The second-order valence-corrected chi connectivity index (χ2v) is 11.0. The maximum Gasteiger partial charge on any atom is 0.0958 e. The molecule has 1 rings (SSSR count). The van der Waals surface area contributed by atoms with Gasteiger partial charge in [0.25, 0.3) is 0 Å². The zero-order valence-corrected chi connectivity index (χ0v) is 15.7. The first kappa shape index (κ1) is 18.7. The summed E-state index contributed by atoms with van der Waals surface area (Å²) in [5, 5.41) is 0. The van der Waals surface area contributed by atoms with Gasteiger partial charge >= 0.3 is 0 Å². The third-order valence-corrected chi connectivity index (χ3v) is 9.83. The van der Waals surface area contributed by atoms with Crippen molar-refractivity contribution in [2.24, 2.45) is 7.05 Å². The van der Waals surface area contributed by atoms with Crippen molar-refractivity contribution >= 4 is 7.26 Å². The summed E-state index contributed by atoms with van der Waals surface area (Å²) in [6, 6.07) is 0. The molecule has 0 saturated carbocycles. The van der Waals surface area contributed by atoms with Crippen molar-refractivity contribution in [2.45, 2.75) is 65.8 Å². The maximum absolute atomic E-state index is 3.26. The van der Waals surface area contributed by atoms with Crippen LogP contribution in [0.4, 0.5) is 0 Å². The number of unbranched alkanes of at least 4 members (excludes halogenated alkanes) is 2. The predicted molar refractivity (Wildman–Crippen MR) is 95.6 cm³/mol. The van der Waals surface area contributed by atoms with Crippen LogP contribution in [0, 0.1) is 6.20 Å². The van der Waals surface area contributed by atoms with Crippen LogP contribution in [0.2, 0.25) is 0 Å². The summed E-state index contributed by atoms with van der Waals surface area (Å²) in [4.78, 5) is 0. The Kier molecular flexibility index (Phi) is 9.24. The lowest BCUT2D eigenvalue weighted by Gasteiger charge is -2.27. The predicted octanol–water partition coefficient (Wildman–Crippen LogP) is 4.53. The molecule has 21 heavy (non-hydrogen) atoms. The fourth-order valence-corrected chi connectivity index (χ4v) is 8.66. The summed E-state index contributed by atoms with van der Waals surface area (Å²) in [5.41, 5.74) is 0. The van der Waals surface area contributed by atoms with E-state index in [1.807, 2.05) is 6.20 Å². The largest absolute Gasteiger partial charge is 0.400 e. The lowest BCUT2D eigenvalue weighted by molar-refractivity contribution is -0.700. The van der Waals surface area contributed by atoms with Gasteiger partial charge in [0.05, 0.1) is 44.6 Å². The van der Waals surface area contributed by atoms with E-state index < -0.39 is 7.26 Å². The van der Waals surface area contributed by atoms with Crippen LogP contribution in [-0.4, -0.2) is 29.2 Å². The average molecular weight is 311 g/mol. The minimum Gasteiger partial charge on any atom is -0.400 e. The molecular weight excluding hydrogens is 275 g/mol. The van der Waals surface area contributed by atoms with E-state index in [4.69, 9.17) is 0 Å². The Bertz CT molecular complexity index is 356. The van der Waals surface area contributed by atoms with E-state index in [1.165, 1.54) is 57.0 Å². The van der Waals surface area contributed by atoms with Crippen molar-refractivity contribution in [3.05, 3.63) is 18.7 Å². The summed E-state index contributed by atoms with van der Waals surface area (Å²) in [6.07, 6.45) is 21.9. The number of rotatable bonds is 12. The average Bonchev–Trinajstić information content (AvgIpc) is 2.85. The first-order valence-corrected chi connectivity index (χ1v) is 11.5. The number of hydrogen-bond acceptors (Lipinski definition) is 0. The monoisotopic (exact) mass is 311 g/mol. The van der Waals surface area contributed by atoms with Gasteiger partial charge in [-0.1, -0.05) is 20.8 Å². The van der Waals surface area contributed by atoms with Gasteiger partial charge in [-0.25, -0.2) is 0 Å². The third kappa shape index (κ3) is 6.96. The van der Waals surface area contributed by atoms with Crippen molar-refractivity contribution < 1.29 is 4.57 Å². The topological polar surface area (TPSA) is 8.81 Å². The molecule has 0 aliphatic carbocycles. The Labute approximate surface area is 133 Å². The van der Waals surface area contributed by atoms with E-state index in [1.54, 1.807) is 6.16 Å². The highest BCUT2D eigenvalue weighted by Gasteiger charge is 2.33. The second-order valence-electron chi connectivity index (χ2n) is 6.53. The molecule has 0 fully saturated rings. The quantitative estimate of drug-likeness (QED) is 0.232. The van der Waals surface area contributed by atoms with Crippen molar-refractivity contribution in [3.8, 4) is 0 Å². The summed E-state index contributed by atoms with van der Waals surface area (Å²) in [5.74, 6) is 0. The smallest absolute Gasteiger partial charge is 0.0958 e. The maximum atomic E-state index is 3.26. The van der Waals surface area contributed by atoms with Gasteiger partial charge in [0.15, 0.2) is 0 Å². The standard InChI is InChI=1S/C18H36N2P/c1-5-14-21(15-6-2,16-7-3)17-10-8-9-11-20-13-12-19(4)18-20/h12,18H,5-11,14-17H2,1-4H3/q+1. The molecule has 2 nitrogen and oxygen atoms in total. The highest BCUT2D eigenvalue weighted by atomic mass is 31.2. The molecular formula is C18H36N2P+. The van der Waals surface area contributed by atoms with E-state index in [9.17, 15) is 0 Å². The number of imidazole rings is 1. The zero-order valence-electron chi connectivity index (χ0n) is 14.8. The molecule has 0 N–H and O–H groups in total. The van der Waals surface area contributed by atoms with Gasteiger partial charge < -0.3 is 9.13 Å². The highest BCUT2D eigenvalue weighted by molar-refractivity contribution is 7.75. The molecule has 0 radical (unpaired) electrons. The van der Waals surface area contributed by atoms with Gasteiger partial charge in [-0.05, 0) is 44.7 Å². The van der Waals surface area contributed by atoms with E-state index in [0.717, 1.165) is 6.54 Å². The van der Waals surface area contributed by atoms with Gasteiger partial charge in [-0.15, -0.1) is 0 Å². The Morgan fingerprint density at radius 2 is 1.52 bits per heavy atom. The lowest BCUT2D eigenvalue weighted by Crippen LogP contribution is -2.31. The Morgan fingerprint density at radius 3 is 2.00 bits per heavy atom. The fraction of sp³-hybridized carbons (Fsp3) is 0.833. The van der Waals surface area contributed by atoms with Crippen LogP contribution in [0.5, 0.6) is 0 Å². The Balaban J connectivity index is 2.31. The van der Waals surface area contributed by atoms with Crippen LogP contribution < -0.4 is 4.57 Å². The molecule has 0 aliphatic heterocycles. The first-order valence-electron chi connectivity index (χ1n) is 8.94. The lowest BCUT2D eigenvalue weighted by atomic mass is 10.2. The molecule has 0 spiro atoms. The summed E-state index contributed by atoms with van der Waals surface area (Å²) < 4.78 is 4.26. The van der Waals surface area contributed by atoms with Crippen molar-refractivity contribution in [1.29, 1.82) is 0 Å². The number of aromatic nitrogens is 2. The van der Waals surface area contributed by atoms with Crippen LogP contribution in [0.1, 0.15) is 59.3 Å². The minimum atomic E-state index is -0.623. The van der Waals surface area contributed by atoms with Gasteiger partial charge in [-0.3, -0.25) is 0 Å². The summed E-state index contributed by atoms with van der Waals surface area (Å²) in [6.45, 7) is 8.26. The SMILES string of the molecule is CCC[P+](CCC)(CCC)CCCCC[n+]1[c-]cn(C)c1. The Morgan fingerprint density at radius 1 is 0.905 bits per heavy atom. The molecule has 1 aromatic rings. The van der Waals surface area contributed by atoms with Gasteiger partial charge in [0.1, 0.15) is 0 Å². The van der Waals surface area contributed by atoms with Crippen LogP contribution >= 0.6 is 7.26 Å². The molecule has 0 saturated heterocycles. The number of aryl methyl sites for hydroxylation is 2. The Hall–Kier alpha value is -0.360. The third-order valence-electron chi connectivity index (χ3n) is 4.37. The van der Waals surface area contributed by atoms with Crippen LogP contribution in [0.3, 0.4) is 0 Å². The molecule has 0 amide bonds. The molecule has 1 aromatic heterocycles. The molecule has 3 heteroatoms. The van der Waals surface area contributed by atoms with Gasteiger partial charge in [0, 0.05) is 13.5 Å². The summed E-state index contributed by atoms with van der Waals surface area (Å²) >= 11 is 0. The molecule has 122 valence electrons. The van der Waals surface area contributed by atoms with Crippen molar-refractivity contribution in [2.75, 3.05) is 24.6 Å². The van der Waals surface area contributed by atoms with E-state index in [2.05, 4.69) is 49.5 Å². The van der Waals surface area contributed by atoms with E-state index >= 15 is 0 Å². The van der Waals surface area contributed by atoms with Gasteiger partial charge in [-0.2, -0.15) is 0 Å². The van der Waals surface area contributed by atoms with Crippen molar-refractivity contribution in [1.82, 2.24) is 4.57 Å².